The van der Waals surface area contributed by atoms with Gasteiger partial charge in [0.05, 0.1) is 16.7 Å². The van der Waals surface area contributed by atoms with Crippen LogP contribution >= 0.6 is 11.3 Å². The summed E-state index contributed by atoms with van der Waals surface area (Å²) in [6.45, 7) is 0. The maximum atomic E-state index is 4.69. The summed E-state index contributed by atoms with van der Waals surface area (Å²) in [7, 11) is 0. The first-order valence-corrected chi connectivity index (χ1v) is 8.20. The monoisotopic (exact) mass is 313 g/mol. The Morgan fingerprint density at radius 1 is 0.696 bits per heavy atom. The number of pyridine rings is 1. The topological polar surface area (TPSA) is 38.7 Å². The molecule has 0 spiro atoms. The summed E-state index contributed by atoms with van der Waals surface area (Å²) < 4.78 is 2.53. The molecular formula is C19H11N3S. The van der Waals surface area contributed by atoms with Crippen molar-refractivity contribution in [2.45, 2.75) is 0 Å². The van der Waals surface area contributed by atoms with Crippen molar-refractivity contribution in [1.82, 2.24) is 15.0 Å². The van der Waals surface area contributed by atoms with E-state index >= 15 is 0 Å². The standard InChI is InChI=1S/C19H11N3S/c1-2-7-15-12(4-1)17-16(23-15)8-9-21-19(17)13-5-3-6-14-18(13)22-11-10-20-14/h1-11H. The Kier molecular flexibility index (Phi) is 2.66. The van der Waals surface area contributed by atoms with Gasteiger partial charge < -0.3 is 0 Å². The lowest BCUT2D eigenvalue weighted by atomic mass is 10.0. The minimum Gasteiger partial charge on any atom is -0.255 e. The Hall–Kier alpha value is -2.85. The van der Waals surface area contributed by atoms with E-state index in [1.54, 1.807) is 23.7 Å². The summed E-state index contributed by atoms with van der Waals surface area (Å²) in [5.41, 5.74) is 3.80. The van der Waals surface area contributed by atoms with E-state index in [1.807, 2.05) is 18.3 Å². The molecule has 0 aliphatic rings. The number of benzene rings is 2. The largest absolute Gasteiger partial charge is 0.255 e. The molecule has 0 amide bonds. The third-order valence-electron chi connectivity index (χ3n) is 4.04. The SMILES string of the molecule is c1cc(-c2nccc3sc4ccccc4c23)c2nccnc2c1. The average Bonchev–Trinajstić information content (AvgIpc) is 3.00. The van der Waals surface area contributed by atoms with E-state index in [0.717, 1.165) is 22.3 Å². The van der Waals surface area contributed by atoms with Gasteiger partial charge in [0.25, 0.3) is 0 Å². The Balaban J connectivity index is 1.96. The van der Waals surface area contributed by atoms with E-state index in [2.05, 4.69) is 51.4 Å². The van der Waals surface area contributed by atoms with Crippen molar-refractivity contribution in [3.63, 3.8) is 0 Å². The fraction of sp³-hybridized carbons (Fsp3) is 0. The lowest BCUT2D eigenvalue weighted by Gasteiger charge is -2.06. The van der Waals surface area contributed by atoms with Crippen LogP contribution in [0.5, 0.6) is 0 Å². The first-order valence-electron chi connectivity index (χ1n) is 7.38. The Bertz CT molecular complexity index is 1170. The molecule has 3 heterocycles. The number of fused-ring (bicyclic) bond motifs is 4. The molecule has 23 heavy (non-hydrogen) atoms. The van der Waals surface area contributed by atoms with E-state index in [9.17, 15) is 0 Å². The van der Waals surface area contributed by atoms with Crippen molar-refractivity contribution in [3.05, 3.63) is 67.1 Å². The van der Waals surface area contributed by atoms with Crippen LogP contribution < -0.4 is 0 Å². The van der Waals surface area contributed by atoms with E-state index < -0.39 is 0 Å². The molecular weight excluding hydrogens is 302 g/mol. The Morgan fingerprint density at radius 2 is 1.61 bits per heavy atom. The molecule has 0 N–H and O–H groups in total. The zero-order chi connectivity index (χ0) is 15.2. The van der Waals surface area contributed by atoms with Crippen molar-refractivity contribution in [3.8, 4) is 11.3 Å². The van der Waals surface area contributed by atoms with E-state index in [0.29, 0.717) is 0 Å². The molecule has 2 aromatic carbocycles. The molecule has 0 radical (unpaired) electrons. The van der Waals surface area contributed by atoms with Gasteiger partial charge in [-0.05, 0) is 18.2 Å². The lowest BCUT2D eigenvalue weighted by molar-refractivity contribution is 1.28. The van der Waals surface area contributed by atoms with Gasteiger partial charge in [0.2, 0.25) is 0 Å². The molecule has 0 saturated heterocycles. The normalized spacial score (nSPS) is 11.5. The molecule has 0 saturated carbocycles. The van der Waals surface area contributed by atoms with E-state index in [1.165, 1.54) is 20.2 Å². The molecule has 0 atom stereocenters. The summed E-state index contributed by atoms with van der Waals surface area (Å²) >= 11 is 1.80. The van der Waals surface area contributed by atoms with E-state index in [4.69, 9.17) is 0 Å². The third-order valence-corrected chi connectivity index (χ3v) is 5.18. The zero-order valence-electron chi connectivity index (χ0n) is 12.1. The van der Waals surface area contributed by atoms with Crippen molar-refractivity contribution >= 4 is 42.5 Å². The molecule has 108 valence electrons. The number of nitrogens with zero attached hydrogens (tertiary/aromatic N) is 3. The predicted octanol–water partition coefficient (Wildman–Crippen LogP) is 5.06. The second-order valence-corrected chi connectivity index (χ2v) is 6.44. The van der Waals surface area contributed by atoms with Crippen LogP contribution in [0.4, 0.5) is 0 Å². The molecule has 3 nitrogen and oxygen atoms in total. The van der Waals surface area contributed by atoms with Gasteiger partial charge in [0.15, 0.2) is 0 Å². The fourth-order valence-electron chi connectivity index (χ4n) is 3.06. The van der Waals surface area contributed by atoms with Crippen LogP contribution in [0.1, 0.15) is 0 Å². The first kappa shape index (κ1) is 12.7. The van der Waals surface area contributed by atoms with Gasteiger partial charge in [-0.25, -0.2) is 0 Å². The van der Waals surface area contributed by atoms with Crippen LogP contribution in [0, 0.1) is 0 Å². The van der Waals surface area contributed by atoms with Crippen LogP contribution in [0.3, 0.4) is 0 Å². The minimum absolute atomic E-state index is 0.892. The second kappa shape index (κ2) is 4.83. The number of hydrogen-bond donors (Lipinski definition) is 0. The average molecular weight is 313 g/mol. The summed E-state index contributed by atoms with van der Waals surface area (Å²) in [5, 5.41) is 2.45. The zero-order valence-corrected chi connectivity index (χ0v) is 12.9. The molecule has 5 aromatic rings. The maximum Gasteiger partial charge on any atom is 0.0980 e. The fourth-order valence-corrected chi connectivity index (χ4v) is 4.16. The quantitative estimate of drug-likeness (QED) is 0.434. The van der Waals surface area contributed by atoms with Crippen LogP contribution in [0.25, 0.3) is 42.5 Å². The number of rotatable bonds is 1. The molecule has 0 fully saturated rings. The molecule has 0 unspecified atom stereocenters. The maximum absolute atomic E-state index is 4.69. The number of thiophene rings is 1. The third kappa shape index (κ3) is 1.85. The highest BCUT2D eigenvalue weighted by molar-refractivity contribution is 7.25. The van der Waals surface area contributed by atoms with Crippen molar-refractivity contribution in [2.75, 3.05) is 0 Å². The van der Waals surface area contributed by atoms with Crippen molar-refractivity contribution in [1.29, 1.82) is 0 Å². The van der Waals surface area contributed by atoms with E-state index in [-0.39, 0.29) is 0 Å². The van der Waals surface area contributed by atoms with Crippen LogP contribution in [-0.2, 0) is 0 Å². The van der Waals surface area contributed by atoms with Gasteiger partial charge in [0.1, 0.15) is 0 Å². The summed E-state index contributed by atoms with van der Waals surface area (Å²) in [5.74, 6) is 0. The highest BCUT2D eigenvalue weighted by Crippen LogP contribution is 2.39. The summed E-state index contributed by atoms with van der Waals surface area (Å²) in [6, 6.07) is 16.6. The van der Waals surface area contributed by atoms with Gasteiger partial charge in [-0.3, -0.25) is 15.0 Å². The predicted molar refractivity (Wildman–Crippen MR) is 95.7 cm³/mol. The molecule has 0 aliphatic carbocycles. The lowest BCUT2D eigenvalue weighted by Crippen LogP contribution is -1.89. The Labute approximate surface area is 136 Å². The van der Waals surface area contributed by atoms with Gasteiger partial charge in [-0.15, -0.1) is 11.3 Å². The minimum atomic E-state index is 0.892. The second-order valence-electron chi connectivity index (χ2n) is 5.36. The van der Waals surface area contributed by atoms with Gasteiger partial charge in [-0.2, -0.15) is 0 Å². The molecule has 0 aliphatic heterocycles. The molecule has 0 bridgehead atoms. The van der Waals surface area contributed by atoms with Gasteiger partial charge in [-0.1, -0.05) is 30.3 Å². The van der Waals surface area contributed by atoms with Gasteiger partial charge >= 0.3 is 0 Å². The summed E-state index contributed by atoms with van der Waals surface area (Å²) in [4.78, 5) is 13.6. The van der Waals surface area contributed by atoms with Crippen LogP contribution in [0.2, 0.25) is 0 Å². The van der Waals surface area contributed by atoms with Crippen LogP contribution in [0.15, 0.2) is 67.1 Å². The smallest absolute Gasteiger partial charge is 0.0980 e. The number of hydrogen-bond acceptors (Lipinski definition) is 4. The van der Waals surface area contributed by atoms with Gasteiger partial charge in [0, 0.05) is 44.3 Å². The van der Waals surface area contributed by atoms with Crippen molar-refractivity contribution < 1.29 is 0 Å². The first-order chi connectivity index (χ1) is 11.4. The molecule has 4 heteroatoms. The Morgan fingerprint density at radius 3 is 2.61 bits per heavy atom. The summed E-state index contributed by atoms with van der Waals surface area (Å²) in [6.07, 6.45) is 5.33. The molecule has 5 rings (SSSR count). The number of para-hydroxylation sites is 1. The highest BCUT2D eigenvalue weighted by atomic mass is 32.1. The number of aromatic nitrogens is 3. The molecule has 3 aromatic heterocycles. The van der Waals surface area contributed by atoms with Crippen LogP contribution in [-0.4, -0.2) is 15.0 Å². The highest BCUT2D eigenvalue weighted by Gasteiger charge is 2.14. The van der Waals surface area contributed by atoms with Crippen molar-refractivity contribution in [2.24, 2.45) is 0 Å².